The van der Waals surface area contributed by atoms with Gasteiger partial charge in [0.2, 0.25) is 0 Å². The number of carbonyl (C=O) groups is 2. The third kappa shape index (κ3) is 6.47. The summed E-state index contributed by atoms with van der Waals surface area (Å²) < 4.78 is 25.5. The normalized spacial score (nSPS) is 42.0. The predicted octanol–water partition coefficient (Wildman–Crippen LogP) is 5.30. The van der Waals surface area contributed by atoms with Gasteiger partial charge in [0.05, 0.1) is 25.2 Å². The highest BCUT2D eigenvalue weighted by Gasteiger charge is 2.60. The number of fused-ring (bicyclic) bond motifs is 2. The smallest absolute Gasteiger partial charge is 0.316 e. The number of Topliss-reactive ketones (excluding diaryl/α,β-unsaturated/α-hetero) is 1. The van der Waals surface area contributed by atoms with Crippen molar-refractivity contribution in [2.75, 3.05) is 6.61 Å². The summed E-state index contributed by atoms with van der Waals surface area (Å²) in [5.41, 5.74) is 1.52. The number of ketones is 1. The lowest BCUT2D eigenvalue weighted by molar-refractivity contribution is -0.319. The number of aliphatic hydroxyl groups excluding tert-OH is 1. The molecule has 4 aliphatic heterocycles. The SMILES string of the molecule is CC1=CC[C@@H]2C[C@@H](CC3(CC(=O)[C@H](C)[C@@H](C(C)=CC(C)C)O3)O2)OC(=O)[C@@H]2C=C(C)[C@@H](O)[C@H]3OCC(=CC=C[C@H](C)C1)[C@]32O. The van der Waals surface area contributed by atoms with Crippen molar-refractivity contribution in [2.45, 2.75) is 122 Å². The molecule has 3 saturated heterocycles. The molecule has 0 aromatic carbocycles. The van der Waals surface area contributed by atoms with Crippen LogP contribution < -0.4 is 0 Å². The molecule has 2 bridgehead atoms. The Hall–Kier alpha value is -2.36. The fourth-order valence-corrected chi connectivity index (χ4v) is 7.69. The lowest BCUT2D eigenvalue weighted by Crippen LogP contribution is -2.59. The molecule has 242 valence electrons. The van der Waals surface area contributed by atoms with Crippen LogP contribution >= 0.6 is 0 Å². The Labute approximate surface area is 261 Å². The second-order valence-electron chi connectivity index (χ2n) is 14.2. The Morgan fingerprint density at radius 3 is 2.61 bits per heavy atom. The predicted molar refractivity (Wildman–Crippen MR) is 166 cm³/mol. The van der Waals surface area contributed by atoms with E-state index in [4.69, 9.17) is 18.9 Å². The number of ether oxygens (including phenoxy) is 4. The van der Waals surface area contributed by atoms with E-state index in [1.807, 2.05) is 19.9 Å². The molecule has 0 aromatic rings. The van der Waals surface area contributed by atoms with E-state index in [0.29, 0.717) is 29.9 Å². The summed E-state index contributed by atoms with van der Waals surface area (Å²) in [7, 11) is 0. The van der Waals surface area contributed by atoms with Crippen LogP contribution in [0.15, 0.2) is 58.7 Å². The van der Waals surface area contributed by atoms with E-state index in [2.05, 4.69) is 45.9 Å². The lowest BCUT2D eigenvalue weighted by atomic mass is 9.71. The average molecular weight is 611 g/mol. The van der Waals surface area contributed by atoms with E-state index in [-0.39, 0.29) is 43.2 Å². The molecule has 0 aromatic heterocycles. The molecule has 0 saturated carbocycles. The Morgan fingerprint density at radius 2 is 1.89 bits per heavy atom. The fourth-order valence-electron chi connectivity index (χ4n) is 7.69. The number of rotatable bonds is 2. The minimum atomic E-state index is -1.75. The highest BCUT2D eigenvalue weighted by Crippen LogP contribution is 2.47. The van der Waals surface area contributed by atoms with Crippen LogP contribution in [-0.2, 0) is 28.5 Å². The van der Waals surface area contributed by atoms with Crippen molar-refractivity contribution in [3.63, 3.8) is 0 Å². The first kappa shape index (κ1) is 33.0. The molecule has 8 nitrogen and oxygen atoms in total. The van der Waals surface area contributed by atoms with Gasteiger partial charge in [0, 0.05) is 18.8 Å². The largest absolute Gasteiger partial charge is 0.462 e. The summed E-state index contributed by atoms with van der Waals surface area (Å²) in [6.07, 6.45) is 10.4. The minimum Gasteiger partial charge on any atom is -0.462 e. The highest BCUT2D eigenvalue weighted by molar-refractivity contribution is 5.83. The third-order valence-electron chi connectivity index (χ3n) is 9.91. The molecule has 1 unspecified atom stereocenters. The number of aliphatic hydroxyl groups is 2. The third-order valence-corrected chi connectivity index (χ3v) is 9.91. The number of carbonyl (C=O) groups excluding carboxylic acids is 2. The Kier molecular flexibility index (Phi) is 9.60. The molecule has 2 N–H and O–H groups in total. The first-order valence-electron chi connectivity index (χ1n) is 16.2. The topological polar surface area (TPSA) is 112 Å². The van der Waals surface area contributed by atoms with Crippen molar-refractivity contribution in [1.82, 2.24) is 0 Å². The average Bonchev–Trinajstić information content (AvgIpc) is 3.27. The second-order valence-corrected chi connectivity index (χ2v) is 14.2. The number of hydrogen-bond donors (Lipinski definition) is 2. The first-order chi connectivity index (χ1) is 20.7. The van der Waals surface area contributed by atoms with Gasteiger partial charge in [0.1, 0.15) is 35.6 Å². The molecule has 4 heterocycles. The van der Waals surface area contributed by atoms with Crippen LogP contribution in [-0.4, -0.2) is 70.5 Å². The van der Waals surface area contributed by atoms with Gasteiger partial charge in [0.15, 0.2) is 5.79 Å². The summed E-state index contributed by atoms with van der Waals surface area (Å²) in [6, 6.07) is 0. The van der Waals surface area contributed by atoms with Gasteiger partial charge in [-0.2, -0.15) is 0 Å². The summed E-state index contributed by atoms with van der Waals surface area (Å²) in [6.45, 7) is 14.1. The lowest BCUT2D eigenvalue weighted by Gasteiger charge is -2.49. The van der Waals surface area contributed by atoms with Crippen molar-refractivity contribution < 1.29 is 38.7 Å². The van der Waals surface area contributed by atoms with Gasteiger partial charge in [0.25, 0.3) is 0 Å². The van der Waals surface area contributed by atoms with Crippen molar-refractivity contribution in [1.29, 1.82) is 0 Å². The van der Waals surface area contributed by atoms with Gasteiger partial charge in [-0.05, 0) is 62.2 Å². The van der Waals surface area contributed by atoms with E-state index in [1.54, 1.807) is 19.1 Å². The van der Waals surface area contributed by atoms with Gasteiger partial charge >= 0.3 is 5.97 Å². The van der Waals surface area contributed by atoms with Crippen molar-refractivity contribution >= 4 is 11.8 Å². The zero-order chi connectivity index (χ0) is 32.0. The quantitative estimate of drug-likeness (QED) is 0.320. The fraction of sp³-hybridized carbons (Fsp3) is 0.667. The molecule has 1 aliphatic carbocycles. The van der Waals surface area contributed by atoms with Gasteiger partial charge in [-0.1, -0.05) is 69.7 Å². The van der Waals surface area contributed by atoms with Crippen LogP contribution in [0.5, 0.6) is 0 Å². The van der Waals surface area contributed by atoms with E-state index in [0.717, 1.165) is 12.0 Å². The molecule has 5 aliphatic rings. The van der Waals surface area contributed by atoms with Gasteiger partial charge < -0.3 is 29.2 Å². The summed E-state index contributed by atoms with van der Waals surface area (Å²) in [5.74, 6) is -2.63. The van der Waals surface area contributed by atoms with Crippen molar-refractivity contribution in [2.24, 2.45) is 23.7 Å². The molecule has 0 radical (unpaired) electrons. The molecule has 5 rings (SSSR count). The van der Waals surface area contributed by atoms with E-state index < -0.39 is 47.7 Å². The molecule has 1 spiro atoms. The van der Waals surface area contributed by atoms with Gasteiger partial charge in [-0.25, -0.2) is 0 Å². The van der Waals surface area contributed by atoms with E-state index in [9.17, 15) is 19.8 Å². The zero-order valence-corrected chi connectivity index (χ0v) is 27.2. The number of esters is 1. The van der Waals surface area contributed by atoms with Crippen LogP contribution in [0.3, 0.4) is 0 Å². The summed E-state index contributed by atoms with van der Waals surface area (Å²) >= 11 is 0. The maximum Gasteiger partial charge on any atom is 0.316 e. The van der Waals surface area contributed by atoms with Crippen LogP contribution in [0.25, 0.3) is 0 Å². The second kappa shape index (κ2) is 12.8. The zero-order valence-electron chi connectivity index (χ0n) is 27.2. The van der Waals surface area contributed by atoms with Gasteiger partial charge in [-0.15, -0.1) is 0 Å². The van der Waals surface area contributed by atoms with Crippen LogP contribution in [0.2, 0.25) is 0 Å². The van der Waals surface area contributed by atoms with Gasteiger partial charge in [-0.3, -0.25) is 9.59 Å². The maximum atomic E-state index is 14.0. The molecule has 0 amide bonds. The Bertz CT molecular complexity index is 1290. The first-order valence-corrected chi connectivity index (χ1v) is 16.2. The summed E-state index contributed by atoms with van der Waals surface area (Å²) in [4.78, 5) is 27.5. The Balaban J connectivity index is 1.53. The number of hydrogen-bond acceptors (Lipinski definition) is 8. The summed E-state index contributed by atoms with van der Waals surface area (Å²) in [5, 5.41) is 23.0. The molecule has 44 heavy (non-hydrogen) atoms. The molecular weight excluding hydrogens is 560 g/mol. The minimum absolute atomic E-state index is 0.0628. The van der Waals surface area contributed by atoms with Crippen molar-refractivity contribution in [3.8, 4) is 0 Å². The standard InChI is InChI=1S/C36H50O8/c1-20(2)13-24(6)32-25(7)30(37)18-35(44-32)17-28-16-27(43-35)12-11-22(4)14-21(3)9-8-10-26-19-41-33-31(38)23(5)15-29(34(39)42-28)36(26,33)40/h8-11,13,15,20-21,25,27-29,31-33,38,40H,12,14,16-19H2,1-7H3/t21-,25-,27+,28-,29-,31+,32+,33+,35?,36+/m0/s1. The van der Waals surface area contributed by atoms with Crippen molar-refractivity contribution in [3.05, 3.63) is 58.7 Å². The molecule has 3 fully saturated rings. The van der Waals surface area contributed by atoms with Crippen LogP contribution in [0.4, 0.5) is 0 Å². The molecule has 10 atom stereocenters. The monoisotopic (exact) mass is 610 g/mol. The number of allylic oxidation sites excluding steroid dienone is 5. The molecular formula is C36H50O8. The van der Waals surface area contributed by atoms with E-state index in [1.165, 1.54) is 5.57 Å². The van der Waals surface area contributed by atoms with E-state index >= 15 is 0 Å². The highest BCUT2D eigenvalue weighted by atomic mass is 16.7. The Morgan fingerprint density at radius 1 is 1.14 bits per heavy atom. The van der Waals surface area contributed by atoms with Crippen LogP contribution in [0, 0.1) is 23.7 Å². The molecule has 8 heteroatoms. The van der Waals surface area contributed by atoms with Crippen LogP contribution in [0.1, 0.15) is 80.6 Å². The maximum absolute atomic E-state index is 14.0.